The monoisotopic (exact) mass is 323 g/mol. The number of fused-ring (bicyclic) bond motifs is 3. The number of aromatic amines is 1. The maximum absolute atomic E-state index is 6.90. The Hall–Kier alpha value is -2.00. The molecule has 4 heteroatoms. The van der Waals surface area contributed by atoms with E-state index >= 15 is 0 Å². The third kappa shape index (κ3) is 1.86. The molecule has 0 radical (unpaired) electrons. The van der Waals surface area contributed by atoms with Gasteiger partial charge in [-0.2, -0.15) is 0 Å². The molecule has 0 atom stereocenters. The first-order valence-electron chi connectivity index (χ1n) is 8.27. The van der Waals surface area contributed by atoms with Crippen LogP contribution in [0.25, 0.3) is 22.0 Å². The molecule has 0 saturated heterocycles. The number of pyridine rings is 1. The van der Waals surface area contributed by atoms with E-state index in [-0.39, 0.29) is 5.41 Å². The van der Waals surface area contributed by atoms with Crippen LogP contribution in [0.15, 0.2) is 36.7 Å². The van der Waals surface area contributed by atoms with Crippen LogP contribution >= 0.6 is 11.6 Å². The molecule has 2 N–H and O–H groups in total. The van der Waals surface area contributed by atoms with Gasteiger partial charge in [-0.15, -0.1) is 0 Å². The summed E-state index contributed by atoms with van der Waals surface area (Å²) in [6, 6.07) is 8.51. The zero-order valence-electron chi connectivity index (χ0n) is 12.8. The van der Waals surface area contributed by atoms with E-state index in [1.54, 1.807) is 0 Å². The van der Waals surface area contributed by atoms with Crippen molar-refractivity contribution in [2.24, 2.45) is 0 Å². The van der Waals surface area contributed by atoms with Crippen LogP contribution in [0.3, 0.4) is 0 Å². The van der Waals surface area contributed by atoms with Gasteiger partial charge < -0.3 is 10.3 Å². The number of nitrogens with one attached hydrogen (secondary N) is 2. The fourth-order valence-electron chi connectivity index (χ4n) is 4.35. The fourth-order valence-corrected chi connectivity index (χ4v) is 4.80. The molecule has 2 aromatic heterocycles. The van der Waals surface area contributed by atoms with Gasteiger partial charge in [0.25, 0.3) is 0 Å². The van der Waals surface area contributed by atoms with Crippen LogP contribution in [0.4, 0.5) is 5.82 Å². The molecule has 1 fully saturated rings. The molecule has 1 aromatic carbocycles. The van der Waals surface area contributed by atoms with Gasteiger partial charge in [-0.1, -0.05) is 30.5 Å². The van der Waals surface area contributed by atoms with E-state index in [0.29, 0.717) is 0 Å². The first-order valence-corrected chi connectivity index (χ1v) is 8.65. The van der Waals surface area contributed by atoms with E-state index in [0.717, 1.165) is 34.0 Å². The normalized spacial score (nSPS) is 18.5. The number of anilines is 1. The van der Waals surface area contributed by atoms with Gasteiger partial charge in [0.2, 0.25) is 0 Å². The Morgan fingerprint density at radius 3 is 2.87 bits per heavy atom. The van der Waals surface area contributed by atoms with Gasteiger partial charge in [0.05, 0.1) is 5.02 Å². The minimum Gasteiger partial charge on any atom is -0.369 e. The molecule has 2 aliphatic rings. The molecular weight excluding hydrogens is 306 g/mol. The molecule has 1 spiro atoms. The van der Waals surface area contributed by atoms with Crippen molar-refractivity contribution in [2.45, 2.75) is 31.1 Å². The molecule has 3 aromatic rings. The lowest BCUT2D eigenvalue weighted by molar-refractivity contribution is 0.489. The summed E-state index contributed by atoms with van der Waals surface area (Å²) in [5.41, 5.74) is 4.78. The second-order valence-electron chi connectivity index (χ2n) is 6.83. The van der Waals surface area contributed by atoms with Crippen molar-refractivity contribution in [3.05, 3.63) is 47.2 Å². The summed E-state index contributed by atoms with van der Waals surface area (Å²) in [7, 11) is 0. The van der Waals surface area contributed by atoms with Gasteiger partial charge in [0, 0.05) is 41.0 Å². The van der Waals surface area contributed by atoms with Crippen molar-refractivity contribution in [1.82, 2.24) is 9.97 Å². The van der Waals surface area contributed by atoms with Crippen molar-refractivity contribution >= 4 is 28.3 Å². The first kappa shape index (κ1) is 13.4. The largest absolute Gasteiger partial charge is 0.369 e. The number of benzene rings is 1. The third-order valence-corrected chi connectivity index (χ3v) is 5.96. The van der Waals surface area contributed by atoms with Crippen LogP contribution < -0.4 is 5.32 Å². The van der Waals surface area contributed by atoms with Gasteiger partial charge >= 0.3 is 0 Å². The highest BCUT2D eigenvalue weighted by molar-refractivity contribution is 6.34. The predicted octanol–water partition coefficient (Wildman–Crippen LogP) is 5.12. The first-order chi connectivity index (χ1) is 11.3. The lowest BCUT2D eigenvalue weighted by Gasteiger charge is -2.24. The van der Waals surface area contributed by atoms with Crippen LogP contribution in [0.2, 0.25) is 5.02 Å². The van der Waals surface area contributed by atoms with Crippen molar-refractivity contribution in [2.75, 3.05) is 11.9 Å². The molecule has 1 aliphatic heterocycles. The summed E-state index contributed by atoms with van der Waals surface area (Å²) in [5, 5.41) is 5.56. The number of nitrogens with zero attached hydrogens (tertiary/aromatic N) is 1. The van der Waals surface area contributed by atoms with Gasteiger partial charge in [0.15, 0.2) is 0 Å². The Bertz CT molecular complexity index is 906. The van der Waals surface area contributed by atoms with E-state index in [9.17, 15) is 0 Å². The standard InChI is InChI=1S/C19H18ClN3/c20-17-14(12-3-4-15-13(9-12)5-8-21-15)10-22-18-16(17)19(11-23-18)6-1-2-7-19/h3-5,8-10,21H,1-2,6-7,11H2,(H,22,23). The maximum Gasteiger partial charge on any atom is 0.131 e. The average molecular weight is 324 g/mol. The minimum atomic E-state index is 0.202. The molecule has 3 heterocycles. The van der Waals surface area contributed by atoms with Gasteiger partial charge in [-0.05, 0) is 42.0 Å². The molecule has 0 unspecified atom stereocenters. The number of hydrogen-bond acceptors (Lipinski definition) is 2. The number of halogens is 1. The van der Waals surface area contributed by atoms with Gasteiger partial charge in [-0.25, -0.2) is 4.98 Å². The lowest BCUT2D eigenvalue weighted by Crippen LogP contribution is -2.24. The van der Waals surface area contributed by atoms with Crippen molar-refractivity contribution < 1.29 is 0 Å². The highest BCUT2D eigenvalue weighted by atomic mass is 35.5. The summed E-state index contributed by atoms with van der Waals surface area (Å²) in [6.07, 6.45) is 8.89. The van der Waals surface area contributed by atoms with E-state index in [4.69, 9.17) is 11.6 Å². The third-order valence-electron chi connectivity index (χ3n) is 5.57. The number of hydrogen-bond donors (Lipinski definition) is 2. The SMILES string of the molecule is Clc1c(-c2ccc3[nH]ccc3c2)cnc2c1C1(CCCC1)CN2. The summed E-state index contributed by atoms with van der Waals surface area (Å²) >= 11 is 6.90. The van der Waals surface area contributed by atoms with Crippen LogP contribution in [0, 0.1) is 0 Å². The Morgan fingerprint density at radius 1 is 1.13 bits per heavy atom. The molecule has 1 aliphatic carbocycles. The Balaban J connectivity index is 1.70. The summed E-state index contributed by atoms with van der Waals surface area (Å²) in [4.78, 5) is 7.92. The van der Waals surface area contributed by atoms with E-state index < -0.39 is 0 Å². The smallest absolute Gasteiger partial charge is 0.131 e. The topological polar surface area (TPSA) is 40.7 Å². The molecule has 3 nitrogen and oxygen atoms in total. The van der Waals surface area contributed by atoms with Crippen LogP contribution in [0.5, 0.6) is 0 Å². The predicted molar refractivity (Wildman–Crippen MR) is 95.2 cm³/mol. The summed E-state index contributed by atoms with van der Waals surface area (Å²) < 4.78 is 0. The lowest BCUT2D eigenvalue weighted by atomic mass is 9.80. The Labute approximate surface area is 140 Å². The van der Waals surface area contributed by atoms with Crippen molar-refractivity contribution in [1.29, 1.82) is 0 Å². The second-order valence-corrected chi connectivity index (χ2v) is 7.21. The quantitative estimate of drug-likeness (QED) is 0.652. The van der Waals surface area contributed by atoms with E-state index in [1.165, 1.54) is 36.6 Å². The van der Waals surface area contributed by atoms with Gasteiger partial charge in [-0.3, -0.25) is 0 Å². The molecule has 0 bridgehead atoms. The fraction of sp³-hybridized carbons (Fsp3) is 0.316. The zero-order chi connectivity index (χ0) is 15.4. The average Bonchev–Trinajstić information content (AvgIpc) is 3.29. The van der Waals surface area contributed by atoms with Crippen LogP contribution in [0.1, 0.15) is 31.2 Å². The molecule has 116 valence electrons. The molecule has 5 rings (SSSR count). The number of aromatic nitrogens is 2. The van der Waals surface area contributed by atoms with Gasteiger partial charge in [0.1, 0.15) is 5.82 Å². The minimum absolute atomic E-state index is 0.202. The molecule has 1 saturated carbocycles. The van der Waals surface area contributed by atoms with Crippen molar-refractivity contribution in [3.63, 3.8) is 0 Å². The molecular formula is C19H18ClN3. The molecule has 0 amide bonds. The van der Waals surface area contributed by atoms with E-state index in [2.05, 4.69) is 39.6 Å². The Morgan fingerprint density at radius 2 is 2.00 bits per heavy atom. The maximum atomic E-state index is 6.90. The number of rotatable bonds is 1. The second kappa shape index (κ2) is 4.75. The van der Waals surface area contributed by atoms with Crippen molar-refractivity contribution in [3.8, 4) is 11.1 Å². The summed E-state index contributed by atoms with van der Waals surface area (Å²) in [5.74, 6) is 0.989. The highest BCUT2D eigenvalue weighted by Gasteiger charge is 2.44. The summed E-state index contributed by atoms with van der Waals surface area (Å²) in [6.45, 7) is 0.982. The Kier molecular flexibility index (Phi) is 2.77. The van der Waals surface area contributed by atoms with Crippen LogP contribution in [-0.2, 0) is 5.41 Å². The molecule has 23 heavy (non-hydrogen) atoms. The highest BCUT2D eigenvalue weighted by Crippen LogP contribution is 2.51. The zero-order valence-corrected chi connectivity index (χ0v) is 13.6. The van der Waals surface area contributed by atoms with E-state index in [1.807, 2.05) is 12.4 Å². The van der Waals surface area contributed by atoms with Crippen LogP contribution in [-0.4, -0.2) is 16.5 Å². The number of H-pyrrole nitrogens is 1.